The summed E-state index contributed by atoms with van der Waals surface area (Å²) in [5.74, 6) is 0.251. The van der Waals surface area contributed by atoms with Crippen LogP contribution in [0.15, 0.2) is 58.0 Å². The third-order valence-electron chi connectivity index (χ3n) is 3.55. The lowest BCUT2D eigenvalue weighted by Gasteiger charge is -2.14. The van der Waals surface area contributed by atoms with Gasteiger partial charge >= 0.3 is 6.36 Å². The highest BCUT2D eigenvalue weighted by molar-refractivity contribution is 6.30. The lowest BCUT2D eigenvalue weighted by Crippen LogP contribution is -2.24. The molecule has 0 atom stereocenters. The first-order valence-electron chi connectivity index (χ1n) is 8.30. The SMILES string of the molecule is NC(=NCCc1nc(-c2ccc(Cl)cc2)no1)Nc1ccccc1OC(F)(F)F. The quantitative estimate of drug-likeness (QED) is 0.452. The first-order chi connectivity index (χ1) is 13.8. The molecule has 0 fully saturated rings. The molecule has 2 aromatic carbocycles. The van der Waals surface area contributed by atoms with Gasteiger partial charge < -0.3 is 20.3 Å². The molecule has 7 nitrogen and oxygen atoms in total. The lowest BCUT2D eigenvalue weighted by molar-refractivity contribution is -0.274. The predicted molar refractivity (Wildman–Crippen MR) is 102 cm³/mol. The van der Waals surface area contributed by atoms with Gasteiger partial charge in [-0.2, -0.15) is 4.98 Å². The molecule has 0 spiro atoms. The van der Waals surface area contributed by atoms with Crippen LogP contribution < -0.4 is 15.8 Å². The minimum absolute atomic E-state index is 0.0360. The van der Waals surface area contributed by atoms with Gasteiger partial charge in [0.05, 0.1) is 12.2 Å². The molecule has 152 valence electrons. The third-order valence-corrected chi connectivity index (χ3v) is 3.81. The van der Waals surface area contributed by atoms with Gasteiger partial charge in [-0.25, -0.2) is 0 Å². The zero-order valence-electron chi connectivity index (χ0n) is 14.8. The van der Waals surface area contributed by atoms with Crippen LogP contribution in [0.1, 0.15) is 5.89 Å². The van der Waals surface area contributed by atoms with Crippen LogP contribution in [0.25, 0.3) is 11.4 Å². The normalized spacial score (nSPS) is 12.1. The van der Waals surface area contributed by atoms with E-state index in [0.717, 1.165) is 5.56 Å². The van der Waals surface area contributed by atoms with Crippen molar-refractivity contribution >= 4 is 23.2 Å². The van der Waals surface area contributed by atoms with Crippen molar-refractivity contribution in [3.8, 4) is 17.1 Å². The van der Waals surface area contributed by atoms with Crippen molar-refractivity contribution in [3.05, 3.63) is 59.4 Å². The summed E-state index contributed by atoms with van der Waals surface area (Å²) in [6.07, 6.45) is -4.52. The Labute approximate surface area is 168 Å². The van der Waals surface area contributed by atoms with Crippen molar-refractivity contribution < 1.29 is 22.4 Å². The highest BCUT2D eigenvalue weighted by Gasteiger charge is 2.32. The summed E-state index contributed by atoms with van der Waals surface area (Å²) < 4.78 is 46.5. The number of guanidine groups is 1. The molecule has 0 radical (unpaired) electrons. The Kier molecular flexibility index (Phi) is 6.23. The predicted octanol–water partition coefficient (Wildman–Crippen LogP) is 4.26. The fraction of sp³-hybridized carbons (Fsp3) is 0.167. The van der Waals surface area contributed by atoms with Crippen LogP contribution >= 0.6 is 11.6 Å². The Morgan fingerprint density at radius 1 is 1.17 bits per heavy atom. The highest BCUT2D eigenvalue weighted by Crippen LogP contribution is 2.29. The van der Waals surface area contributed by atoms with Crippen LogP contribution in [-0.4, -0.2) is 29.0 Å². The fourth-order valence-corrected chi connectivity index (χ4v) is 2.43. The number of hydrogen-bond acceptors (Lipinski definition) is 5. The summed E-state index contributed by atoms with van der Waals surface area (Å²) >= 11 is 5.84. The number of hydrogen-bond donors (Lipinski definition) is 2. The largest absolute Gasteiger partial charge is 0.573 e. The highest BCUT2D eigenvalue weighted by atomic mass is 35.5. The molecule has 0 unspecified atom stereocenters. The van der Waals surface area contributed by atoms with E-state index in [0.29, 0.717) is 23.2 Å². The Balaban J connectivity index is 1.58. The number of benzene rings is 2. The molecule has 0 aliphatic heterocycles. The topological polar surface area (TPSA) is 98.6 Å². The van der Waals surface area contributed by atoms with E-state index in [1.165, 1.54) is 24.3 Å². The van der Waals surface area contributed by atoms with Gasteiger partial charge in [0, 0.05) is 17.0 Å². The Morgan fingerprint density at radius 2 is 1.90 bits per heavy atom. The molecule has 1 heterocycles. The summed E-state index contributed by atoms with van der Waals surface area (Å²) in [4.78, 5) is 8.30. The molecule has 0 amide bonds. The smallest absolute Gasteiger partial charge is 0.404 e. The van der Waals surface area contributed by atoms with Gasteiger partial charge in [-0.15, -0.1) is 13.2 Å². The number of halogens is 4. The molecule has 29 heavy (non-hydrogen) atoms. The average Bonchev–Trinajstić information content (AvgIpc) is 3.12. The summed E-state index contributed by atoms with van der Waals surface area (Å²) in [5.41, 5.74) is 6.52. The van der Waals surface area contributed by atoms with Crippen molar-refractivity contribution in [2.24, 2.45) is 10.7 Å². The van der Waals surface area contributed by atoms with E-state index in [2.05, 4.69) is 25.2 Å². The number of aromatic nitrogens is 2. The Morgan fingerprint density at radius 3 is 2.62 bits per heavy atom. The van der Waals surface area contributed by atoms with Crippen LogP contribution in [0.4, 0.5) is 18.9 Å². The van der Waals surface area contributed by atoms with Gasteiger partial charge in [-0.3, -0.25) is 4.99 Å². The van der Waals surface area contributed by atoms with E-state index in [1.54, 1.807) is 24.3 Å². The molecule has 3 aromatic rings. The van der Waals surface area contributed by atoms with Crippen molar-refractivity contribution in [2.45, 2.75) is 12.8 Å². The van der Waals surface area contributed by atoms with Crippen LogP contribution in [0.5, 0.6) is 5.75 Å². The first kappa shape index (κ1) is 20.5. The minimum Gasteiger partial charge on any atom is -0.404 e. The van der Waals surface area contributed by atoms with Gasteiger partial charge in [0.1, 0.15) is 0 Å². The number of nitrogens with two attached hydrogens (primary N) is 1. The van der Waals surface area contributed by atoms with Crippen molar-refractivity contribution in [1.29, 1.82) is 0 Å². The van der Waals surface area contributed by atoms with E-state index in [9.17, 15) is 13.2 Å². The van der Waals surface area contributed by atoms with Gasteiger partial charge in [0.15, 0.2) is 11.7 Å². The van der Waals surface area contributed by atoms with Gasteiger partial charge in [-0.05, 0) is 36.4 Å². The molecule has 0 saturated carbocycles. The summed E-state index contributed by atoms with van der Waals surface area (Å²) in [6, 6.07) is 12.4. The lowest BCUT2D eigenvalue weighted by atomic mass is 10.2. The van der Waals surface area contributed by atoms with Crippen LogP contribution in [0.2, 0.25) is 5.02 Å². The standard InChI is InChI=1S/C18H15ClF3N5O2/c19-12-7-5-11(6-8-12)16-26-15(29-27-16)9-10-24-17(23)25-13-3-1-2-4-14(13)28-18(20,21)22/h1-8H,9-10H2,(H3,23,24,25). The number of alkyl halides is 3. The van der Waals surface area contributed by atoms with Crippen LogP contribution in [0.3, 0.4) is 0 Å². The van der Waals surface area contributed by atoms with Crippen molar-refractivity contribution in [2.75, 3.05) is 11.9 Å². The van der Waals surface area contributed by atoms with E-state index >= 15 is 0 Å². The Hall–Kier alpha value is -3.27. The number of anilines is 1. The summed E-state index contributed by atoms with van der Waals surface area (Å²) in [6.45, 7) is 0.184. The maximum absolute atomic E-state index is 12.5. The molecule has 1 aromatic heterocycles. The maximum Gasteiger partial charge on any atom is 0.573 e. The number of para-hydroxylation sites is 2. The van der Waals surface area contributed by atoms with Crippen molar-refractivity contribution in [1.82, 2.24) is 10.1 Å². The fourth-order valence-electron chi connectivity index (χ4n) is 2.31. The second-order valence-electron chi connectivity index (χ2n) is 5.70. The number of ether oxygens (including phenoxy) is 1. The second kappa shape index (κ2) is 8.82. The van der Waals surface area contributed by atoms with Crippen LogP contribution in [0, 0.1) is 0 Å². The first-order valence-corrected chi connectivity index (χ1v) is 8.68. The molecule has 0 aliphatic carbocycles. The van der Waals surface area contributed by atoms with Crippen LogP contribution in [-0.2, 0) is 6.42 Å². The molecule has 0 saturated heterocycles. The number of aliphatic imine (C=N–C) groups is 1. The van der Waals surface area contributed by atoms with Gasteiger partial charge in [-0.1, -0.05) is 28.9 Å². The molecular weight excluding hydrogens is 411 g/mol. The number of nitrogens with zero attached hydrogens (tertiary/aromatic N) is 3. The molecule has 0 aliphatic rings. The monoisotopic (exact) mass is 425 g/mol. The van der Waals surface area contributed by atoms with Gasteiger partial charge in [0.2, 0.25) is 11.7 Å². The zero-order valence-corrected chi connectivity index (χ0v) is 15.5. The third kappa shape index (κ3) is 6.11. The second-order valence-corrected chi connectivity index (χ2v) is 6.14. The van der Waals surface area contributed by atoms with E-state index in [4.69, 9.17) is 21.9 Å². The average molecular weight is 426 g/mol. The number of rotatable bonds is 6. The molecular formula is C18H15ClF3N5O2. The molecule has 11 heteroatoms. The summed E-state index contributed by atoms with van der Waals surface area (Å²) in [5, 5.41) is 7.05. The molecule has 3 N–H and O–H groups in total. The zero-order chi connectivity index (χ0) is 20.9. The Bertz CT molecular complexity index is 990. The van der Waals surface area contributed by atoms with E-state index in [1.807, 2.05) is 0 Å². The summed E-state index contributed by atoms with van der Waals surface area (Å²) in [7, 11) is 0. The van der Waals surface area contributed by atoms with Gasteiger partial charge in [0.25, 0.3) is 0 Å². The maximum atomic E-state index is 12.5. The van der Waals surface area contributed by atoms with Crippen molar-refractivity contribution in [3.63, 3.8) is 0 Å². The minimum atomic E-state index is -4.82. The number of nitrogens with one attached hydrogen (secondary N) is 1. The van der Waals surface area contributed by atoms with E-state index in [-0.39, 0.29) is 18.2 Å². The molecule has 3 rings (SSSR count). The van der Waals surface area contributed by atoms with E-state index < -0.39 is 12.1 Å². The molecule has 0 bridgehead atoms.